The summed E-state index contributed by atoms with van der Waals surface area (Å²) in [6, 6.07) is 6.39. The molecular formula is C14H14ClNO4S. The molecule has 0 aromatic heterocycles. The van der Waals surface area contributed by atoms with Gasteiger partial charge in [0.1, 0.15) is 0 Å². The lowest BCUT2D eigenvalue weighted by Crippen LogP contribution is -2.21. The number of rotatable bonds is 6. The lowest BCUT2D eigenvalue weighted by molar-refractivity contribution is -0.138. The number of nitriles is 1. The van der Waals surface area contributed by atoms with Crippen molar-refractivity contribution in [3.63, 3.8) is 0 Å². The molecule has 1 N–H and O–H groups in total. The second-order valence-corrected chi connectivity index (χ2v) is 7.99. The molecule has 7 heteroatoms. The Bertz CT molecular complexity index is 717. The van der Waals surface area contributed by atoms with Gasteiger partial charge in [0.2, 0.25) is 0 Å². The Morgan fingerprint density at radius 1 is 1.43 bits per heavy atom. The minimum atomic E-state index is -3.45. The Morgan fingerprint density at radius 2 is 2.10 bits per heavy atom. The first-order chi connectivity index (χ1) is 9.75. The molecule has 112 valence electrons. The number of carboxylic acid groups (broad SMARTS) is 1. The second-order valence-electron chi connectivity index (χ2n) is 5.52. The number of hydrogen-bond donors (Lipinski definition) is 1. The maximum atomic E-state index is 12.2. The highest BCUT2D eigenvalue weighted by Gasteiger charge is 2.47. The van der Waals surface area contributed by atoms with Crippen molar-refractivity contribution in [1.29, 1.82) is 5.26 Å². The number of carbonyl (C=O) groups is 1. The standard InChI is InChI=1S/C14H14ClNO4S/c15-12-5-10(7-16)1-2-11(12)8-21(19,20)9-14(3-4-14)6-13(17)18/h1-2,5H,3-4,6,8-9H2,(H,17,18). The molecule has 1 saturated carbocycles. The van der Waals surface area contributed by atoms with Crippen molar-refractivity contribution in [2.75, 3.05) is 5.75 Å². The van der Waals surface area contributed by atoms with Gasteiger partial charge in [0.15, 0.2) is 9.84 Å². The van der Waals surface area contributed by atoms with Crippen LogP contribution in [0.25, 0.3) is 0 Å². The predicted molar refractivity (Wildman–Crippen MR) is 77.6 cm³/mol. The van der Waals surface area contributed by atoms with Crippen molar-refractivity contribution >= 4 is 27.4 Å². The van der Waals surface area contributed by atoms with E-state index in [1.165, 1.54) is 18.2 Å². The highest BCUT2D eigenvalue weighted by atomic mass is 35.5. The Kier molecular flexibility index (Phi) is 4.26. The Hall–Kier alpha value is -1.58. The third kappa shape index (κ3) is 4.19. The molecule has 1 aliphatic rings. The highest BCUT2D eigenvalue weighted by Crippen LogP contribution is 2.50. The molecule has 0 heterocycles. The number of hydrogen-bond acceptors (Lipinski definition) is 4. The molecule has 0 saturated heterocycles. The van der Waals surface area contributed by atoms with Gasteiger partial charge in [-0.05, 0) is 36.0 Å². The first-order valence-corrected chi connectivity index (χ1v) is 8.56. The van der Waals surface area contributed by atoms with Crippen LogP contribution >= 0.6 is 11.6 Å². The summed E-state index contributed by atoms with van der Waals surface area (Å²) in [5.41, 5.74) is 0.191. The summed E-state index contributed by atoms with van der Waals surface area (Å²) < 4.78 is 24.5. The summed E-state index contributed by atoms with van der Waals surface area (Å²) in [7, 11) is -3.45. The van der Waals surface area contributed by atoms with Crippen LogP contribution < -0.4 is 0 Å². The van der Waals surface area contributed by atoms with Gasteiger partial charge in [-0.1, -0.05) is 17.7 Å². The smallest absolute Gasteiger partial charge is 0.303 e. The Morgan fingerprint density at radius 3 is 2.57 bits per heavy atom. The van der Waals surface area contributed by atoms with E-state index in [1.54, 1.807) is 0 Å². The fraction of sp³-hybridized carbons (Fsp3) is 0.429. The molecule has 0 aliphatic heterocycles. The molecule has 0 amide bonds. The van der Waals surface area contributed by atoms with Crippen LogP contribution in [0.3, 0.4) is 0 Å². The van der Waals surface area contributed by atoms with Crippen LogP contribution in [0.15, 0.2) is 18.2 Å². The van der Waals surface area contributed by atoms with Crippen LogP contribution in [0, 0.1) is 16.7 Å². The van der Waals surface area contributed by atoms with E-state index in [2.05, 4.69) is 0 Å². The van der Waals surface area contributed by atoms with Gasteiger partial charge < -0.3 is 5.11 Å². The van der Waals surface area contributed by atoms with Crippen molar-refractivity contribution in [3.05, 3.63) is 34.3 Å². The lowest BCUT2D eigenvalue weighted by atomic mass is 10.1. The molecule has 21 heavy (non-hydrogen) atoms. The monoisotopic (exact) mass is 327 g/mol. The molecular weight excluding hydrogens is 314 g/mol. The average Bonchev–Trinajstić information content (AvgIpc) is 3.08. The van der Waals surface area contributed by atoms with Gasteiger partial charge >= 0.3 is 5.97 Å². The SMILES string of the molecule is N#Cc1ccc(CS(=O)(=O)CC2(CC(=O)O)CC2)c(Cl)c1. The van der Waals surface area contributed by atoms with Crippen molar-refractivity contribution in [1.82, 2.24) is 0 Å². The molecule has 2 rings (SSSR count). The Labute approximate surface area is 128 Å². The first-order valence-electron chi connectivity index (χ1n) is 6.36. The number of benzene rings is 1. The minimum Gasteiger partial charge on any atom is -0.481 e. The molecule has 5 nitrogen and oxygen atoms in total. The summed E-state index contributed by atoms with van der Waals surface area (Å²) in [6.45, 7) is 0. The third-order valence-electron chi connectivity index (χ3n) is 3.57. The summed E-state index contributed by atoms with van der Waals surface area (Å²) >= 11 is 5.98. The minimum absolute atomic E-state index is 0.118. The number of carboxylic acids is 1. The van der Waals surface area contributed by atoms with E-state index in [0.29, 0.717) is 24.0 Å². The van der Waals surface area contributed by atoms with E-state index in [-0.39, 0.29) is 22.9 Å². The quantitative estimate of drug-likeness (QED) is 0.865. The van der Waals surface area contributed by atoms with E-state index in [1.807, 2.05) is 6.07 Å². The van der Waals surface area contributed by atoms with Crippen molar-refractivity contribution in [3.8, 4) is 6.07 Å². The normalized spacial score (nSPS) is 16.2. The maximum Gasteiger partial charge on any atom is 0.303 e. The summed E-state index contributed by atoms with van der Waals surface area (Å²) in [4.78, 5) is 10.8. The van der Waals surface area contributed by atoms with Crippen LogP contribution in [-0.2, 0) is 20.4 Å². The van der Waals surface area contributed by atoms with Crippen LogP contribution in [0.4, 0.5) is 0 Å². The third-order valence-corrected chi connectivity index (χ3v) is 5.72. The fourth-order valence-electron chi connectivity index (χ4n) is 2.36. The van der Waals surface area contributed by atoms with Crippen LogP contribution in [0.1, 0.15) is 30.4 Å². The van der Waals surface area contributed by atoms with Crippen molar-refractivity contribution in [2.45, 2.75) is 25.0 Å². The van der Waals surface area contributed by atoms with E-state index >= 15 is 0 Å². The molecule has 1 aliphatic carbocycles. The topological polar surface area (TPSA) is 95.2 Å². The lowest BCUT2D eigenvalue weighted by Gasteiger charge is -2.13. The average molecular weight is 328 g/mol. The zero-order valence-electron chi connectivity index (χ0n) is 11.2. The van der Waals surface area contributed by atoms with E-state index in [4.69, 9.17) is 22.0 Å². The van der Waals surface area contributed by atoms with Crippen LogP contribution in [-0.4, -0.2) is 25.2 Å². The van der Waals surface area contributed by atoms with Gasteiger partial charge in [-0.15, -0.1) is 0 Å². The Balaban J connectivity index is 2.12. The fourth-order valence-corrected chi connectivity index (χ4v) is 4.84. The molecule has 0 bridgehead atoms. The highest BCUT2D eigenvalue weighted by molar-refractivity contribution is 7.90. The van der Waals surface area contributed by atoms with Gasteiger partial charge in [-0.3, -0.25) is 4.79 Å². The molecule has 1 aromatic carbocycles. The number of halogens is 1. The van der Waals surface area contributed by atoms with Gasteiger partial charge in [0.05, 0.1) is 29.6 Å². The van der Waals surface area contributed by atoms with Crippen molar-refractivity contribution < 1.29 is 18.3 Å². The molecule has 0 atom stereocenters. The zero-order valence-corrected chi connectivity index (χ0v) is 12.7. The van der Waals surface area contributed by atoms with Crippen LogP contribution in [0.5, 0.6) is 0 Å². The van der Waals surface area contributed by atoms with Crippen molar-refractivity contribution in [2.24, 2.45) is 5.41 Å². The maximum absolute atomic E-state index is 12.2. The predicted octanol–water partition coefficient (Wildman–Crippen LogP) is 2.38. The molecule has 0 spiro atoms. The van der Waals surface area contributed by atoms with E-state index in [9.17, 15) is 13.2 Å². The summed E-state index contributed by atoms with van der Waals surface area (Å²) in [5, 5.41) is 17.8. The summed E-state index contributed by atoms with van der Waals surface area (Å²) in [6.07, 6.45) is 1.13. The summed E-state index contributed by atoms with van der Waals surface area (Å²) in [5.74, 6) is -1.35. The largest absolute Gasteiger partial charge is 0.481 e. The molecule has 1 fully saturated rings. The second kappa shape index (κ2) is 5.66. The first kappa shape index (κ1) is 15.8. The zero-order chi connectivity index (χ0) is 15.7. The molecule has 0 radical (unpaired) electrons. The van der Waals surface area contributed by atoms with Crippen LogP contribution in [0.2, 0.25) is 5.02 Å². The van der Waals surface area contributed by atoms with E-state index in [0.717, 1.165) is 0 Å². The number of aliphatic carboxylic acids is 1. The number of nitrogens with zero attached hydrogens (tertiary/aromatic N) is 1. The molecule has 0 unspecified atom stereocenters. The molecule has 1 aromatic rings. The number of sulfone groups is 1. The van der Waals surface area contributed by atoms with Gasteiger partial charge in [0.25, 0.3) is 0 Å². The van der Waals surface area contributed by atoms with Gasteiger partial charge in [0, 0.05) is 5.02 Å². The van der Waals surface area contributed by atoms with E-state index < -0.39 is 21.2 Å². The van der Waals surface area contributed by atoms with Gasteiger partial charge in [-0.2, -0.15) is 5.26 Å². The van der Waals surface area contributed by atoms with Gasteiger partial charge in [-0.25, -0.2) is 8.42 Å².